The number of alkyl halides is 3. The van der Waals surface area contributed by atoms with E-state index in [0.29, 0.717) is 18.4 Å². The molecule has 1 aliphatic carbocycles. The Balaban J connectivity index is 2.51. The van der Waals surface area contributed by atoms with Gasteiger partial charge in [0.2, 0.25) is 0 Å². The van der Waals surface area contributed by atoms with Gasteiger partial charge in [-0.2, -0.15) is 13.2 Å². The lowest BCUT2D eigenvalue weighted by molar-refractivity contribution is -0.137. The van der Waals surface area contributed by atoms with Crippen LogP contribution >= 0.6 is 15.9 Å². The van der Waals surface area contributed by atoms with Crippen molar-refractivity contribution in [1.82, 2.24) is 0 Å². The van der Waals surface area contributed by atoms with Crippen molar-refractivity contribution < 1.29 is 18.3 Å². The molecule has 0 bridgehead atoms. The lowest BCUT2D eigenvalue weighted by Crippen LogP contribution is -2.33. The molecule has 1 aliphatic rings. The zero-order valence-electron chi connectivity index (χ0n) is 9.52. The molecule has 2 nitrogen and oxygen atoms in total. The van der Waals surface area contributed by atoms with Gasteiger partial charge in [0, 0.05) is 15.6 Å². The first-order valence-corrected chi connectivity index (χ1v) is 6.42. The second kappa shape index (κ2) is 4.42. The number of aromatic hydroxyl groups is 1. The third kappa shape index (κ3) is 2.36. The van der Waals surface area contributed by atoms with E-state index in [1.54, 1.807) is 0 Å². The number of nitrogens with two attached hydrogens (primary N) is 1. The van der Waals surface area contributed by atoms with Crippen LogP contribution in [-0.2, 0) is 11.7 Å². The van der Waals surface area contributed by atoms with Crippen LogP contribution in [0, 0.1) is 0 Å². The highest BCUT2D eigenvalue weighted by Gasteiger charge is 2.38. The van der Waals surface area contributed by atoms with E-state index < -0.39 is 17.3 Å². The third-order valence-electron chi connectivity index (χ3n) is 3.39. The number of phenols is 1. The fourth-order valence-electron chi connectivity index (χ4n) is 2.50. The first-order chi connectivity index (χ1) is 8.24. The lowest BCUT2D eigenvalue weighted by atomic mass is 9.88. The van der Waals surface area contributed by atoms with Gasteiger partial charge in [-0.1, -0.05) is 28.8 Å². The SMILES string of the molecule is NC1(c2c(O)cc(C(F)(F)F)cc2Br)CCCC1. The zero-order valence-corrected chi connectivity index (χ0v) is 11.1. The monoisotopic (exact) mass is 323 g/mol. The first-order valence-electron chi connectivity index (χ1n) is 5.63. The van der Waals surface area contributed by atoms with Gasteiger partial charge >= 0.3 is 6.18 Å². The average Bonchev–Trinajstić information content (AvgIpc) is 2.63. The summed E-state index contributed by atoms with van der Waals surface area (Å²) in [6, 6.07) is 1.72. The Hall–Kier alpha value is -0.750. The number of hydrogen-bond donors (Lipinski definition) is 2. The van der Waals surface area contributed by atoms with E-state index in [9.17, 15) is 18.3 Å². The maximum absolute atomic E-state index is 12.6. The molecule has 0 amide bonds. The van der Waals surface area contributed by atoms with Crippen molar-refractivity contribution in [3.05, 3.63) is 27.7 Å². The first kappa shape index (κ1) is 13.7. The highest BCUT2D eigenvalue weighted by atomic mass is 79.9. The van der Waals surface area contributed by atoms with Crippen LogP contribution in [0.1, 0.15) is 36.8 Å². The van der Waals surface area contributed by atoms with Crippen LogP contribution in [0.2, 0.25) is 0 Å². The molecule has 0 spiro atoms. The van der Waals surface area contributed by atoms with Crippen LogP contribution in [-0.4, -0.2) is 5.11 Å². The van der Waals surface area contributed by atoms with E-state index in [1.165, 1.54) is 0 Å². The molecule has 3 N–H and O–H groups in total. The van der Waals surface area contributed by atoms with Gasteiger partial charge < -0.3 is 10.8 Å². The molecule has 0 unspecified atom stereocenters. The van der Waals surface area contributed by atoms with Crippen molar-refractivity contribution in [1.29, 1.82) is 0 Å². The molecule has 0 saturated heterocycles. The normalized spacial score (nSPS) is 19.2. The number of benzene rings is 1. The van der Waals surface area contributed by atoms with Gasteiger partial charge in [0.15, 0.2) is 0 Å². The van der Waals surface area contributed by atoms with E-state index in [4.69, 9.17) is 5.73 Å². The number of phenolic OH excluding ortho intramolecular Hbond substituents is 1. The van der Waals surface area contributed by atoms with Crippen LogP contribution < -0.4 is 5.73 Å². The minimum atomic E-state index is -4.48. The molecular weight excluding hydrogens is 311 g/mol. The predicted octanol–water partition coefficient (Wildman–Crippen LogP) is 3.90. The minimum absolute atomic E-state index is 0.222. The Kier molecular flexibility index (Phi) is 3.36. The summed E-state index contributed by atoms with van der Waals surface area (Å²) >= 11 is 3.10. The lowest BCUT2D eigenvalue weighted by Gasteiger charge is -2.27. The Labute approximate surface area is 111 Å². The molecule has 1 aromatic carbocycles. The molecule has 2 rings (SSSR count). The van der Waals surface area contributed by atoms with Crippen LogP contribution in [0.3, 0.4) is 0 Å². The molecular formula is C12H13BrF3NO. The zero-order chi connectivity index (χ0) is 13.6. The molecule has 100 valence electrons. The van der Waals surface area contributed by atoms with Crippen molar-refractivity contribution in [3.63, 3.8) is 0 Å². The van der Waals surface area contributed by atoms with Crippen molar-refractivity contribution in [2.24, 2.45) is 5.73 Å². The maximum Gasteiger partial charge on any atom is 0.416 e. The van der Waals surface area contributed by atoms with E-state index in [-0.39, 0.29) is 10.2 Å². The summed E-state index contributed by atoms with van der Waals surface area (Å²) in [6.07, 6.45) is -1.29. The maximum atomic E-state index is 12.6. The molecule has 1 aromatic rings. The Morgan fingerprint density at radius 1 is 1.22 bits per heavy atom. The molecule has 0 atom stereocenters. The Bertz CT molecular complexity index is 444. The fraction of sp³-hybridized carbons (Fsp3) is 0.500. The highest BCUT2D eigenvalue weighted by Crippen LogP contribution is 2.46. The number of halogens is 4. The largest absolute Gasteiger partial charge is 0.508 e. The van der Waals surface area contributed by atoms with Gasteiger partial charge in [0.25, 0.3) is 0 Å². The molecule has 0 radical (unpaired) electrons. The standard InChI is InChI=1S/C12H13BrF3NO/c13-8-5-7(12(14,15)16)6-9(18)10(8)11(17)3-1-2-4-11/h5-6,18H,1-4,17H2. The van der Waals surface area contributed by atoms with Crippen molar-refractivity contribution in [2.45, 2.75) is 37.4 Å². The summed E-state index contributed by atoms with van der Waals surface area (Å²) in [4.78, 5) is 0. The van der Waals surface area contributed by atoms with E-state index >= 15 is 0 Å². The number of rotatable bonds is 1. The molecule has 0 heterocycles. The second-order valence-electron chi connectivity index (χ2n) is 4.71. The molecule has 1 saturated carbocycles. The van der Waals surface area contributed by atoms with E-state index in [0.717, 1.165) is 25.0 Å². The quantitative estimate of drug-likeness (QED) is 0.823. The Morgan fingerprint density at radius 2 is 1.78 bits per heavy atom. The van der Waals surface area contributed by atoms with Gasteiger partial charge in [-0.3, -0.25) is 0 Å². The van der Waals surface area contributed by atoms with Crippen LogP contribution in [0.4, 0.5) is 13.2 Å². The molecule has 0 aromatic heterocycles. The van der Waals surface area contributed by atoms with E-state index in [1.807, 2.05) is 0 Å². The van der Waals surface area contributed by atoms with Gasteiger partial charge in [-0.05, 0) is 25.0 Å². The third-order valence-corrected chi connectivity index (χ3v) is 4.02. The summed E-state index contributed by atoms with van der Waals surface area (Å²) < 4.78 is 38.0. The van der Waals surface area contributed by atoms with Crippen LogP contribution in [0.15, 0.2) is 16.6 Å². The van der Waals surface area contributed by atoms with Gasteiger partial charge in [0.1, 0.15) is 5.75 Å². The molecule has 0 aliphatic heterocycles. The van der Waals surface area contributed by atoms with Crippen molar-refractivity contribution >= 4 is 15.9 Å². The topological polar surface area (TPSA) is 46.2 Å². The summed E-state index contributed by atoms with van der Waals surface area (Å²) in [5, 5.41) is 9.85. The van der Waals surface area contributed by atoms with Gasteiger partial charge in [0.05, 0.1) is 5.56 Å². The molecule has 18 heavy (non-hydrogen) atoms. The summed E-state index contributed by atoms with van der Waals surface area (Å²) in [5.41, 5.74) is 4.95. The second-order valence-corrected chi connectivity index (χ2v) is 5.57. The molecule has 1 fully saturated rings. The predicted molar refractivity (Wildman–Crippen MR) is 65.1 cm³/mol. The van der Waals surface area contributed by atoms with Crippen LogP contribution in [0.25, 0.3) is 0 Å². The Morgan fingerprint density at radius 3 is 2.22 bits per heavy atom. The average molecular weight is 324 g/mol. The van der Waals surface area contributed by atoms with E-state index in [2.05, 4.69) is 15.9 Å². The minimum Gasteiger partial charge on any atom is -0.508 e. The smallest absolute Gasteiger partial charge is 0.416 e. The van der Waals surface area contributed by atoms with Gasteiger partial charge in [-0.25, -0.2) is 0 Å². The number of hydrogen-bond acceptors (Lipinski definition) is 2. The van der Waals surface area contributed by atoms with Crippen molar-refractivity contribution in [3.8, 4) is 5.75 Å². The summed E-state index contributed by atoms with van der Waals surface area (Å²) in [5.74, 6) is -0.388. The molecule has 6 heteroatoms. The fourth-order valence-corrected chi connectivity index (χ4v) is 3.35. The summed E-state index contributed by atoms with van der Waals surface area (Å²) in [7, 11) is 0. The van der Waals surface area contributed by atoms with Crippen molar-refractivity contribution in [2.75, 3.05) is 0 Å². The highest BCUT2D eigenvalue weighted by molar-refractivity contribution is 9.10. The van der Waals surface area contributed by atoms with Crippen LogP contribution in [0.5, 0.6) is 5.75 Å². The summed E-state index contributed by atoms with van der Waals surface area (Å²) in [6.45, 7) is 0. The van der Waals surface area contributed by atoms with Gasteiger partial charge in [-0.15, -0.1) is 0 Å².